The SMILES string of the molecule is CCCCCc1ccc2cc(C3CCC(C4CCC(CCCCC)CC4)CC3)ccc2c1. The first-order valence-corrected chi connectivity index (χ1v) is 14.3. The maximum absolute atomic E-state index is 2.51. The van der Waals surface area contributed by atoms with Gasteiger partial charge in [-0.05, 0) is 96.9 Å². The van der Waals surface area contributed by atoms with E-state index in [1.165, 1.54) is 119 Å². The molecule has 0 atom stereocenters. The Hall–Kier alpha value is -1.30. The Morgan fingerprint density at radius 3 is 1.97 bits per heavy atom. The average molecular weight is 433 g/mol. The monoisotopic (exact) mass is 432 g/mol. The lowest BCUT2D eigenvalue weighted by Crippen LogP contribution is -2.25. The number of rotatable bonds is 10. The molecule has 0 heterocycles. The molecule has 2 fully saturated rings. The lowest BCUT2D eigenvalue weighted by atomic mass is 9.68. The fourth-order valence-corrected chi connectivity index (χ4v) is 6.86. The van der Waals surface area contributed by atoms with Crippen molar-refractivity contribution >= 4 is 10.8 Å². The van der Waals surface area contributed by atoms with Crippen LogP contribution in [0.2, 0.25) is 0 Å². The van der Waals surface area contributed by atoms with Crippen LogP contribution in [-0.4, -0.2) is 0 Å². The molecule has 0 unspecified atom stereocenters. The van der Waals surface area contributed by atoms with Gasteiger partial charge in [0.2, 0.25) is 0 Å². The van der Waals surface area contributed by atoms with Gasteiger partial charge in [0.1, 0.15) is 0 Å². The highest BCUT2D eigenvalue weighted by Gasteiger charge is 2.31. The molecule has 0 bridgehead atoms. The van der Waals surface area contributed by atoms with Crippen molar-refractivity contribution in [2.75, 3.05) is 0 Å². The van der Waals surface area contributed by atoms with Gasteiger partial charge in [-0.25, -0.2) is 0 Å². The molecule has 0 spiro atoms. The smallest absolute Gasteiger partial charge is 0.0162 e. The maximum Gasteiger partial charge on any atom is -0.0162 e. The summed E-state index contributed by atoms with van der Waals surface area (Å²) < 4.78 is 0. The molecule has 2 saturated carbocycles. The van der Waals surface area contributed by atoms with Gasteiger partial charge in [0.15, 0.2) is 0 Å². The summed E-state index contributed by atoms with van der Waals surface area (Å²) in [6.07, 6.45) is 22.9. The minimum atomic E-state index is 0.797. The predicted molar refractivity (Wildman–Crippen MR) is 141 cm³/mol. The lowest BCUT2D eigenvalue weighted by molar-refractivity contribution is 0.155. The second kappa shape index (κ2) is 12.2. The van der Waals surface area contributed by atoms with E-state index in [9.17, 15) is 0 Å². The second-order valence-electron chi connectivity index (χ2n) is 11.3. The summed E-state index contributed by atoms with van der Waals surface area (Å²) in [5, 5.41) is 2.89. The van der Waals surface area contributed by atoms with Gasteiger partial charge < -0.3 is 0 Å². The van der Waals surface area contributed by atoms with Gasteiger partial charge in [0.05, 0.1) is 0 Å². The van der Waals surface area contributed by atoms with Crippen LogP contribution < -0.4 is 0 Å². The largest absolute Gasteiger partial charge is 0.0654 e. The van der Waals surface area contributed by atoms with Crippen LogP contribution in [0.3, 0.4) is 0 Å². The number of unbranched alkanes of at least 4 members (excludes halogenated alkanes) is 4. The Kier molecular flexibility index (Phi) is 9.12. The summed E-state index contributed by atoms with van der Waals surface area (Å²) in [5.74, 6) is 3.92. The molecule has 0 heteroatoms. The van der Waals surface area contributed by atoms with Crippen molar-refractivity contribution in [1.82, 2.24) is 0 Å². The van der Waals surface area contributed by atoms with Crippen LogP contribution in [0.1, 0.15) is 127 Å². The van der Waals surface area contributed by atoms with Gasteiger partial charge in [-0.2, -0.15) is 0 Å². The minimum Gasteiger partial charge on any atom is -0.0654 e. The number of hydrogen-bond donors (Lipinski definition) is 0. The highest BCUT2D eigenvalue weighted by Crippen LogP contribution is 2.44. The zero-order chi connectivity index (χ0) is 22.2. The van der Waals surface area contributed by atoms with Gasteiger partial charge in [0.25, 0.3) is 0 Å². The highest BCUT2D eigenvalue weighted by molar-refractivity contribution is 5.84. The fraction of sp³-hybridized carbons (Fsp3) is 0.688. The van der Waals surface area contributed by atoms with Gasteiger partial charge in [0, 0.05) is 0 Å². The van der Waals surface area contributed by atoms with Crippen LogP contribution >= 0.6 is 0 Å². The molecule has 0 amide bonds. The Morgan fingerprint density at radius 2 is 1.25 bits per heavy atom. The van der Waals surface area contributed by atoms with E-state index >= 15 is 0 Å². The first-order chi connectivity index (χ1) is 15.8. The first-order valence-electron chi connectivity index (χ1n) is 14.3. The number of benzene rings is 2. The van der Waals surface area contributed by atoms with E-state index in [0.717, 1.165) is 23.7 Å². The van der Waals surface area contributed by atoms with Gasteiger partial charge in [-0.3, -0.25) is 0 Å². The number of fused-ring (bicyclic) bond motifs is 1. The van der Waals surface area contributed by atoms with Crippen molar-refractivity contribution < 1.29 is 0 Å². The zero-order valence-electron chi connectivity index (χ0n) is 21.1. The highest BCUT2D eigenvalue weighted by atomic mass is 14.4. The van der Waals surface area contributed by atoms with E-state index in [4.69, 9.17) is 0 Å². The molecule has 0 aliphatic heterocycles. The van der Waals surface area contributed by atoms with E-state index in [1.54, 1.807) is 5.56 Å². The molecule has 2 aliphatic rings. The van der Waals surface area contributed by atoms with E-state index in [1.807, 2.05) is 0 Å². The Bertz CT molecular complexity index is 802. The van der Waals surface area contributed by atoms with Crippen molar-refractivity contribution in [2.24, 2.45) is 17.8 Å². The van der Waals surface area contributed by atoms with Crippen LogP contribution in [0, 0.1) is 17.8 Å². The topological polar surface area (TPSA) is 0 Å². The quantitative estimate of drug-likeness (QED) is 0.327. The molecule has 4 rings (SSSR count). The molecule has 0 N–H and O–H groups in total. The first kappa shape index (κ1) is 23.8. The van der Waals surface area contributed by atoms with Gasteiger partial charge in [-0.1, -0.05) is 102 Å². The third-order valence-electron chi connectivity index (χ3n) is 9.01. The van der Waals surface area contributed by atoms with Crippen molar-refractivity contribution in [3.63, 3.8) is 0 Å². The summed E-state index contributed by atoms with van der Waals surface area (Å²) >= 11 is 0. The molecule has 2 aromatic rings. The minimum absolute atomic E-state index is 0.797. The van der Waals surface area contributed by atoms with Crippen LogP contribution in [0.5, 0.6) is 0 Å². The van der Waals surface area contributed by atoms with E-state index in [2.05, 4.69) is 50.2 Å². The summed E-state index contributed by atoms with van der Waals surface area (Å²) in [6, 6.07) is 14.6. The van der Waals surface area contributed by atoms with E-state index in [0.29, 0.717) is 0 Å². The molecular formula is C32H48. The summed E-state index contributed by atoms with van der Waals surface area (Å²) in [6.45, 7) is 4.62. The fourth-order valence-electron chi connectivity index (χ4n) is 6.86. The van der Waals surface area contributed by atoms with Crippen molar-refractivity contribution in [1.29, 1.82) is 0 Å². The van der Waals surface area contributed by atoms with Crippen LogP contribution in [-0.2, 0) is 6.42 Å². The molecule has 0 radical (unpaired) electrons. The molecule has 32 heavy (non-hydrogen) atoms. The summed E-state index contributed by atoms with van der Waals surface area (Å²) in [4.78, 5) is 0. The van der Waals surface area contributed by atoms with Crippen molar-refractivity contribution in [3.8, 4) is 0 Å². The Morgan fingerprint density at radius 1 is 0.625 bits per heavy atom. The predicted octanol–water partition coefficient (Wildman–Crippen LogP) is 10.2. The van der Waals surface area contributed by atoms with E-state index < -0.39 is 0 Å². The van der Waals surface area contributed by atoms with Gasteiger partial charge in [-0.15, -0.1) is 0 Å². The standard InChI is InChI=1S/C32H48/c1-3-5-7-9-25-11-14-27(15-12-25)28-17-19-29(20-18-28)31-22-21-30-23-26(10-8-6-4-2)13-16-32(30)24-31/h13,16,21-25,27-29H,3-12,14-15,17-20H2,1-2H3. The third-order valence-corrected chi connectivity index (χ3v) is 9.01. The number of hydrogen-bond acceptors (Lipinski definition) is 0. The van der Waals surface area contributed by atoms with Crippen molar-refractivity contribution in [2.45, 2.75) is 122 Å². The van der Waals surface area contributed by atoms with Crippen LogP contribution in [0.4, 0.5) is 0 Å². The lowest BCUT2D eigenvalue weighted by Gasteiger charge is -2.38. The molecule has 2 aromatic carbocycles. The van der Waals surface area contributed by atoms with Crippen LogP contribution in [0.25, 0.3) is 10.8 Å². The Balaban J connectivity index is 1.26. The second-order valence-corrected chi connectivity index (χ2v) is 11.3. The summed E-state index contributed by atoms with van der Waals surface area (Å²) in [5.41, 5.74) is 3.12. The normalized spacial score (nSPS) is 26.4. The zero-order valence-corrected chi connectivity index (χ0v) is 21.1. The molecule has 0 nitrogen and oxygen atoms in total. The molecule has 0 aromatic heterocycles. The van der Waals surface area contributed by atoms with Crippen LogP contribution in [0.15, 0.2) is 36.4 Å². The molecule has 0 saturated heterocycles. The Labute approximate surface area is 198 Å². The average Bonchev–Trinajstić information content (AvgIpc) is 2.85. The number of aryl methyl sites for hydroxylation is 1. The maximum atomic E-state index is 2.51. The molecule has 176 valence electrons. The van der Waals surface area contributed by atoms with E-state index in [-0.39, 0.29) is 0 Å². The molecular weight excluding hydrogens is 384 g/mol. The third kappa shape index (κ3) is 6.39. The summed E-state index contributed by atoms with van der Waals surface area (Å²) in [7, 11) is 0. The van der Waals surface area contributed by atoms with Gasteiger partial charge >= 0.3 is 0 Å². The molecule has 2 aliphatic carbocycles. The van der Waals surface area contributed by atoms with Crippen molar-refractivity contribution in [3.05, 3.63) is 47.5 Å².